The molecule has 0 saturated carbocycles. The zero-order valence-corrected chi connectivity index (χ0v) is 21.8. The van der Waals surface area contributed by atoms with Crippen molar-refractivity contribution in [1.82, 2.24) is 5.32 Å². The molecule has 4 rings (SSSR count). The second-order valence-electron chi connectivity index (χ2n) is 9.75. The van der Waals surface area contributed by atoms with Crippen LogP contribution in [0.25, 0.3) is 11.6 Å². The Balaban J connectivity index is 1.77. The van der Waals surface area contributed by atoms with Crippen molar-refractivity contribution in [1.29, 1.82) is 0 Å². The van der Waals surface area contributed by atoms with E-state index < -0.39 is 17.8 Å². The molecule has 1 saturated heterocycles. The lowest BCUT2D eigenvalue weighted by Gasteiger charge is -2.43. The number of benzene rings is 2. The third kappa shape index (κ3) is 4.53. The Hall–Kier alpha value is -3.87. The van der Waals surface area contributed by atoms with Crippen molar-refractivity contribution in [2.75, 3.05) is 23.0 Å². The third-order valence-corrected chi connectivity index (χ3v) is 6.60. The van der Waals surface area contributed by atoms with Gasteiger partial charge in [-0.15, -0.1) is 0 Å². The van der Waals surface area contributed by atoms with Crippen LogP contribution in [0.2, 0.25) is 0 Å². The first-order chi connectivity index (χ1) is 17.1. The number of allylic oxidation sites excluding steroid dienone is 1. The minimum atomic E-state index is -0.783. The van der Waals surface area contributed by atoms with Crippen LogP contribution in [-0.2, 0) is 9.59 Å². The number of nitrogens with zero attached hydrogens (tertiary/aromatic N) is 2. The fraction of sp³-hybridized carbons (Fsp3) is 0.345. The summed E-state index contributed by atoms with van der Waals surface area (Å²) in [4.78, 5) is 42.2. The highest BCUT2D eigenvalue weighted by atomic mass is 16.5. The standard InChI is InChI=1S/C29H33N3O4/c1-7-12-31-25-13-18(3)20(14-23(25)19(4)17-29(31,5)6)15-24-26(33)30-28(35)32(27(24)34)21-10-9-11-22(16-21)36-8-2/h9-11,13-17H,7-8,12H2,1-6H3,(H,30,33,35)/b24-15-. The highest BCUT2D eigenvalue weighted by Gasteiger charge is 2.37. The van der Waals surface area contributed by atoms with E-state index in [4.69, 9.17) is 4.74 Å². The molecular weight excluding hydrogens is 454 g/mol. The summed E-state index contributed by atoms with van der Waals surface area (Å²) in [6.07, 6.45) is 4.85. The molecule has 1 N–H and O–H groups in total. The second-order valence-corrected chi connectivity index (χ2v) is 9.75. The van der Waals surface area contributed by atoms with Gasteiger partial charge in [-0.3, -0.25) is 14.9 Å². The highest BCUT2D eigenvalue weighted by molar-refractivity contribution is 6.39. The number of hydrogen-bond acceptors (Lipinski definition) is 5. The molecule has 188 valence electrons. The molecule has 2 heterocycles. The van der Waals surface area contributed by atoms with Crippen LogP contribution in [0, 0.1) is 6.92 Å². The van der Waals surface area contributed by atoms with E-state index in [0.29, 0.717) is 18.0 Å². The van der Waals surface area contributed by atoms with Gasteiger partial charge in [0.1, 0.15) is 11.3 Å². The molecule has 0 unspecified atom stereocenters. The molecular formula is C29H33N3O4. The van der Waals surface area contributed by atoms with Crippen LogP contribution in [0.3, 0.4) is 0 Å². The summed E-state index contributed by atoms with van der Waals surface area (Å²) in [5.74, 6) is -0.846. The summed E-state index contributed by atoms with van der Waals surface area (Å²) in [5.41, 5.74) is 5.18. The van der Waals surface area contributed by atoms with Crippen molar-refractivity contribution in [3.05, 3.63) is 64.7 Å². The van der Waals surface area contributed by atoms with E-state index in [-0.39, 0.29) is 11.1 Å². The van der Waals surface area contributed by atoms with E-state index in [9.17, 15) is 14.4 Å². The molecule has 0 aromatic heterocycles. The van der Waals surface area contributed by atoms with Gasteiger partial charge in [0.25, 0.3) is 11.8 Å². The van der Waals surface area contributed by atoms with Crippen LogP contribution in [0.4, 0.5) is 16.2 Å². The largest absolute Gasteiger partial charge is 0.494 e. The number of imide groups is 2. The molecule has 2 aliphatic heterocycles. The summed E-state index contributed by atoms with van der Waals surface area (Å²) in [7, 11) is 0. The minimum Gasteiger partial charge on any atom is -0.494 e. The number of aryl methyl sites for hydroxylation is 1. The van der Waals surface area contributed by atoms with Crippen LogP contribution < -0.4 is 19.9 Å². The fourth-order valence-corrected chi connectivity index (χ4v) is 4.96. The first kappa shape index (κ1) is 25.2. The van der Waals surface area contributed by atoms with E-state index in [1.165, 1.54) is 0 Å². The molecule has 0 atom stereocenters. The Labute approximate surface area is 212 Å². The van der Waals surface area contributed by atoms with Gasteiger partial charge in [0.2, 0.25) is 0 Å². The van der Waals surface area contributed by atoms with Crippen molar-refractivity contribution in [2.24, 2.45) is 0 Å². The molecule has 1 fully saturated rings. The molecule has 2 aromatic carbocycles. The molecule has 0 bridgehead atoms. The van der Waals surface area contributed by atoms with E-state index in [1.54, 1.807) is 30.3 Å². The predicted octanol–water partition coefficient (Wildman–Crippen LogP) is 5.47. The smallest absolute Gasteiger partial charge is 0.335 e. The Morgan fingerprint density at radius 3 is 2.50 bits per heavy atom. The molecule has 4 amide bonds. The maximum atomic E-state index is 13.4. The number of anilines is 2. The van der Waals surface area contributed by atoms with E-state index >= 15 is 0 Å². The zero-order valence-electron chi connectivity index (χ0n) is 21.8. The summed E-state index contributed by atoms with van der Waals surface area (Å²) in [6.45, 7) is 13.8. The van der Waals surface area contributed by atoms with Gasteiger partial charge >= 0.3 is 6.03 Å². The average molecular weight is 488 g/mol. The van der Waals surface area contributed by atoms with Gasteiger partial charge in [-0.2, -0.15) is 0 Å². The quantitative estimate of drug-likeness (QED) is 0.432. The molecule has 0 aliphatic carbocycles. The summed E-state index contributed by atoms with van der Waals surface area (Å²) >= 11 is 0. The van der Waals surface area contributed by atoms with Gasteiger partial charge in [0, 0.05) is 23.9 Å². The Kier molecular flexibility index (Phi) is 6.76. The topological polar surface area (TPSA) is 79.0 Å². The van der Waals surface area contributed by atoms with Crippen molar-refractivity contribution in [2.45, 2.75) is 53.5 Å². The van der Waals surface area contributed by atoms with Crippen LogP contribution in [0.5, 0.6) is 5.75 Å². The van der Waals surface area contributed by atoms with Crippen molar-refractivity contribution >= 4 is 40.9 Å². The zero-order chi connectivity index (χ0) is 26.2. The molecule has 7 heteroatoms. The number of hydrogen-bond donors (Lipinski definition) is 1. The van der Waals surface area contributed by atoms with Gasteiger partial charge < -0.3 is 9.64 Å². The number of carbonyl (C=O) groups excluding carboxylic acids is 3. The Morgan fingerprint density at radius 2 is 1.81 bits per heavy atom. The number of amides is 4. The molecule has 2 aliphatic rings. The highest BCUT2D eigenvalue weighted by Crippen LogP contribution is 2.41. The fourth-order valence-electron chi connectivity index (χ4n) is 4.96. The summed E-state index contributed by atoms with van der Waals surface area (Å²) in [5, 5.41) is 2.30. The lowest BCUT2D eigenvalue weighted by atomic mass is 9.86. The number of ether oxygens (including phenoxy) is 1. The monoisotopic (exact) mass is 487 g/mol. The van der Waals surface area contributed by atoms with E-state index in [0.717, 1.165) is 45.8 Å². The normalized spacial score (nSPS) is 18.2. The van der Waals surface area contributed by atoms with Crippen LogP contribution in [0.1, 0.15) is 57.7 Å². The maximum Gasteiger partial charge on any atom is 0.335 e. The summed E-state index contributed by atoms with van der Waals surface area (Å²) < 4.78 is 5.51. The Bertz CT molecular complexity index is 1310. The maximum absolute atomic E-state index is 13.4. The van der Waals surface area contributed by atoms with E-state index in [2.05, 4.69) is 50.1 Å². The van der Waals surface area contributed by atoms with Crippen LogP contribution >= 0.6 is 0 Å². The van der Waals surface area contributed by atoms with Gasteiger partial charge in [-0.05, 0) is 88.1 Å². The van der Waals surface area contributed by atoms with Crippen molar-refractivity contribution < 1.29 is 19.1 Å². The number of nitrogens with one attached hydrogen (secondary N) is 1. The molecule has 0 spiro atoms. The van der Waals surface area contributed by atoms with Crippen molar-refractivity contribution in [3.63, 3.8) is 0 Å². The van der Waals surface area contributed by atoms with E-state index in [1.807, 2.05) is 19.9 Å². The lowest BCUT2D eigenvalue weighted by molar-refractivity contribution is -0.122. The van der Waals surface area contributed by atoms with Gasteiger partial charge in [0.05, 0.1) is 17.8 Å². The Morgan fingerprint density at radius 1 is 1.06 bits per heavy atom. The van der Waals surface area contributed by atoms with Gasteiger partial charge in [0.15, 0.2) is 0 Å². The third-order valence-electron chi connectivity index (χ3n) is 6.60. The van der Waals surface area contributed by atoms with Crippen LogP contribution in [-0.4, -0.2) is 36.5 Å². The predicted molar refractivity (Wildman–Crippen MR) is 143 cm³/mol. The lowest BCUT2D eigenvalue weighted by Crippen LogP contribution is -2.54. The summed E-state index contributed by atoms with van der Waals surface area (Å²) in [6, 6.07) is 10.1. The second kappa shape index (κ2) is 9.64. The molecule has 36 heavy (non-hydrogen) atoms. The number of urea groups is 1. The van der Waals surface area contributed by atoms with Gasteiger partial charge in [-0.1, -0.05) is 19.1 Å². The minimum absolute atomic E-state index is 0.0948. The van der Waals surface area contributed by atoms with Crippen LogP contribution in [0.15, 0.2) is 48.0 Å². The number of carbonyl (C=O) groups is 3. The number of rotatable bonds is 6. The SMILES string of the molecule is CCCN1c2cc(C)c(/C=C3/C(=O)NC(=O)N(c4cccc(OCC)c4)C3=O)cc2C(C)=CC1(C)C. The number of fused-ring (bicyclic) bond motifs is 1. The first-order valence-corrected chi connectivity index (χ1v) is 12.3. The molecule has 2 aromatic rings. The van der Waals surface area contributed by atoms with Crippen molar-refractivity contribution in [3.8, 4) is 5.75 Å². The first-order valence-electron chi connectivity index (χ1n) is 12.3. The molecule has 7 nitrogen and oxygen atoms in total. The van der Waals surface area contributed by atoms with Gasteiger partial charge in [-0.25, -0.2) is 9.69 Å². The average Bonchev–Trinajstić information content (AvgIpc) is 2.80. The number of barbiturate groups is 1. The molecule has 0 radical (unpaired) electrons.